The molecule has 20 heavy (non-hydrogen) atoms. The van der Waals surface area contributed by atoms with Crippen molar-refractivity contribution in [1.29, 1.82) is 0 Å². The number of unbranched alkanes of at least 4 members (excludes halogenated alkanes) is 1. The van der Waals surface area contributed by atoms with Gasteiger partial charge in [0, 0.05) is 20.8 Å². The molecule has 1 aromatic rings. The first kappa shape index (κ1) is 19.3. The molecule has 0 radical (unpaired) electrons. The van der Waals surface area contributed by atoms with Crippen LogP contribution in [0.3, 0.4) is 0 Å². The van der Waals surface area contributed by atoms with Gasteiger partial charge in [0.1, 0.15) is 0 Å². The van der Waals surface area contributed by atoms with Gasteiger partial charge in [-0.25, -0.2) is 0 Å². The maximum atomic E-state index is 5.35. The van der Waals surface area contributed by atoms with E-state index in [1.54, 1.807) is 14.2 Å². The van der Waals surface area contributed by atoms with Crippen molar-refractivity contribution in [1.82, 2.24) is 5.32 Å². The van der Waals surface area contributed by atoms with Crippen LogP contribution in [-0.2, 0) is 15.4 Å². The number of nitrogens with two attached hydrogens (primary N) is 1. The van der Waals surface area contributed by atoms with Crippen molar-refractivity contribution >= 4 is 9.28 Å². The minimum absolute atomic E-state index is 0.640. The van der Waals surface area contributed by atoms with Gasteiger partial charge in [-0.2, -0.15) is 0 Å². The number of benzene rings is 1. The van der Waals surface area contributed by atoms with Gasteiger partial charge in [-0.1, -0.05) is 43.7 Å². The minimum atomic E-state index is -1.27. The van der Waals surface area contributed by atoms with Crippen molar-refractivity contribution in [2.75, 3.05) is 27.3 Å². The molecule has 4 nitrogen and oxygen atoms in total. The predicted molar refractivity (Wildman–Crippen MR) is 88.1 cm³/mol. The SMILES string of the molecule is CCNCCCC[SiH](OC)OC.NCc1ccccc1. The van der Waals surface area contributed by atoms with Gasteiger partial charge in [-0.15, -0.1) is 0 Å². The Labute approximate surface area is 125 Å². The standard InChI is InChI=1S/C8H21NO2Si.C7H9N/c1-4-9-7-5-6-8-12(10-2)11-3;8-6-7-4-2-1-3-5-7/h9,12H,4-8H2,1-3H3;1-5H,6,8H2. The Morgan fingerprint density at radius 2 is 1.75 bits per heavy atom. The number of rotatable bonds is 9. The molecule has 0 aromatic heterocycles. The molecular formula is C15H30N2O2Si. The molecule has 0 heterocycles. The summed E-state index contributed by atoms with van der Waals surface area (Å²) in [5.74, 6) is 0. The second kappa shape index (κ2) is 14.7. The molecule has 3 N–H and O–H groups in total. The van der Waals surface area contributed by atoms with E-state index >= 15 is 0 Å². The lowest BCUT2D eigenvalue weighted by Crippen LogP contribution is -2.19. The number of hydrogen-bond donors (Lipinski definition) is 2. The summed E-state index contributed by atoms with van der Waals surface area (Å²) in [6.45, 7) is 4.95. The van der Waals surface area contributed by atoms with Gasteiger partial charge in [0.15, 0.2) is 0 Å². The van der Waals surface area contributed by atoms with Gasteiger partial charge in [-0.3, -0.25) is 0 Å². The van der Waals surface area contributed by atoms with Crippen LogP contribution in [0.25, 0.3) is 0 Å². The summed E-state index contributed by atoms with van der Waals surface area (Å²) in [6, 6.07) is 11.1. The van der Waals surface area contributed by atoms with Crippen LogP contribution in [0.4, 0.5) is 0 Å². The smallest absolute Gasteiger partial charge is 0.320 e. The van der Waals surface area contributed by atoms with Crippen LogP contribution >= 0.6 is 0 Å². The molecule has 116 valence electrons. The third-order valence-electron chi connectivity index (χ3n) is 2.90. The third kappa shape index (κ3) is 11.1. The summed E-state index contributed by atoms with van der Waals surface area (Å²) in [5.41, 5.74) is 6.54. The van der Waals surface area contributed by atoms with Crippen molar-refractivity contribution in [3.05, 3.63) is 35.9 Å². The lowest BCUT2D eigenvalue weighted by Gasteiger charge is -2.10. The van der Waals surface area contributed by atoms with Gasteiger partial charge in [0.2, 0.25) is 0 Å². The zero-order chi connectivity index (χ0) is 15.1. The number of hydrogen-bond acceptors (Lipinski definition) is 4. The molecule has 5 heteroatoms. The van der Waals surface area contributed by atoms with Crippen molar-refractivity contribution in [3.8, 4) is 0 Å². The maximum Gasteiger partial charge on any atom is 0.320 e. The Hall–Kier alpha value is -0.723. The molecule has 0 spiro atoms. The predicted octanol–water partition coefficient (Wildman–Crippen LogP) is 2.03. The van der Waals surface area contributed by atoms with Crippen LogP contribution in [0.15, 0.2) is 30.3 Å². The second-order valence-corrected chi connectivity index (χ2v) is 6.82. The maximum absolute atomic E-state index is 5.35. The lowest BCUT2D eigenvalue weighted by molar-refractivity contribution is 0.276. The first-order valence-corrected chi connectivity index (χ1v) is 9.04. The van der Waals surface area contributed by atoms with Crippen molar-refractivity contribution in [3.63, 3.8) is 0 Å². The zero-order valence-electron chi connectivity index (χ0n) is 13.1. The Kier molecular flexibility index (Phi) is 14.2. The van der Waals surface area contributed by atoms with Crippen LogP contribution in [0.2, 0.25) is 6.04 Å². The van der Waals surface area contributed by atoms with E-state index < -0.39 is 9.28 Å². The van der Waals surface area contributed by atoms with E-state index in [0.29, 0.717) is 6.54 Å². The lowest BCUT2D eigenvalue weighted by atomic mass is 10.2. The molecule has 0 saturated carbocycles. The Balaban J connectivity index is 0.000000388. The average molecular weight is 299 g/mol. The minimum Gasteiger partial charge on any atom is -0.400 e. The highest BCUT2D eigenvalue weighted by Gasteiger charge is 2.07. The fourth-order valence-electron chi connectivity index (χ4n) is 1.68. The van der Waals surface area contributed by atoms with Crippen molar-refractivity contribution in [2.45, 2.75) is 32.4 Å². The Morgan fingerprint density at radius 3 is 2.20 bits per heavy atom. The molecular weight excluding hydrogens is 268 g/mol. The summed E-state index contributed by atoms with van der Waals surface area (Å²) in [4.78, 5) is 0. The van der Waals surface area contributed by atoms with E-state index in [9.17, 15) is 0 Å². The van der Waals surface area contributed by atoms with Gasteiger partial charge in [-0.05, 0) is 31.1 Å². The molecule has 0 saturated heterocycles. The summed E-state index contributed by atoms with van der Waals surface area (Å²) >= 11 is 0. The van der Waals surface area contributed by atoms with E-state index in [-0.39, 0.29) is 0 Å². The molecule has 1 aromatic carbocycles. The Bertz CT molecular complexity index is 295. The first-order chi connectivity index (χ1) is 9.78. The van der Waals surface area contributed by atoms with E-state index in [2.05, 4.69) is 12.2 Å². The molecule has 0 aliphatic carbocycles. The van der Waals surface area contributed by atoms with E-state index in [1.807, 2.05) is 30.3 Å². The molecule has 0 unspecified atom stereocenters. The monoisotopic (exact) mass is 298 g/mol. The van der Waals surface area contributed by atoms with E-state index in [4.69, 9.17) is 14.6 Å². The Morgan fingerprint density at radius 1 is 1.10 bits per heavy atom. The van der Waals surface area contributed by atoms with Crippen LogP contribution in [0.5, 0.6) is 0 Å². The quantitative estimate of drug-likeness (QED) is 0.541. The molecule has 0 atom stereocenters. The molecule has 1 rings (SSSR count). The van der Waals surface area contributed by atoms with Crippen molar-refractivity contribution < 1.29 is 8.85 Å². The van der Waals surface area contributed by atoms with Crippen molar-refractivity contribution in [2.24, 2.45) is 5.73 Å². The molecule has 0 aliphatic heterocycles. The van der Waals surface area contributed by atoms with Gasteiger partial charge >= 0.3 is 9.28 Å². The van der Waals surface area contributed by atoms with Crippen LogP contribution in [0.1, 0.15) is 25.3 Å². The van der Waals surface area contributed by atoms with E-state index in [1.165, 1.54) is 18.4 Å². The third-order valence-corrected chi connectivity index (χ3v) is 4.83. The molecule has 0 aliphatic rings. The zero-order valence-corrected chi connectivity index (χ0v) is 14.3. The largest absolute Gasteiger partial charge is 0.400 e. The average Bonchev–Trinajstić information content (AvgIpc) is 2.52. The van der Waals surface area contributed by atoms with Gasteiger partial charge in [0.25, 0.3) is 0 Å². The fourth-order valence-corrected chi connectivity index (χ4v) is 2.97. The normalized spacial score (nSPS) is 10.2. The van der Waals surface area contributed by atoms with Gasteiger partial charge < -0.3 is 19.9 Å². The first-order valence-electron chi connectivity index (χ1n) is 7.28. The summed E-state index contributed by atoms with van der Waals surface area (Å²) in [5, 5.41) is 3.29. The summed E-state index contributed by atoms with van der Waals surface area (Å²) in [7, 11) is 2.21. The molecule has 0 fully saturated rings. The topological polar surface area (TPSA) is 56.5 Å². The second-order valence-electron chi connectivity index (χ2n) is 4.44. The fraction of sp³-hybridized carbons (Fsp3) is 0.600. The molecule has 0 amide bonds. The van der Waals surface area contributed by atoms with Gasteiger partial charge in [0.05, 0.1) is 0 Å². The van der Waals surface area contributed by atoms with Crippen LogP contribution < -0.4 is 11.1 Å². The summed E-state index contributed by atoms with van der Waals surface area (Å²) in [6.07, 6.45) is 2.44. The van der Waals surface area contributed by atoms with Crippen LogP contribution in [-0.4, -0.2) is 36.6 Å². The highest BCUT2D eigenvalue weighted by atomic mass is 28.3. The van der Waals surface area contributed by atoms with E-state index in [0.717, 1.165) is 19.1 Å². The summed E-state index contributed by atoms with van der Waals surface area (Å²) < 4.78 is 10.4. The molecule has 0 bridgehead atoms. The van der Waals surface area contributed by atoms with Crippen LogP contribution in [0, 0.1) is 0 Å². The highest BCUT2D eigenvalue weighted by molar-refractivity contribution is 6.44. The number of nitrogens with one attached hydrogen (secondary N) is 1. The highest BCUT2D eigenvalue weighted by Crippen LogP contribution is 2.01.